The van der Waals surface area contributed by atoms with Crippen LogP contribution >= 0.6 is 0 Å². The largest absolute Gasteiger partial charge is 0.311 e. The number of benzene rings is 5. The maximum Gasteiger partial charge on any atom is 0.117 e. The molecular weight excluding hydrogens is 478 g/mol. The molecule has 5 aromatic carbocycles. The number of aromatic nitrogens is 2. The molecule has 0 saturated carbocycles. The highest BCUT2D eigenvalue weighted by Crippen LogP contribution is 2.39. The second-order valence-corrected chi connectivity index (χ2v) is 14.7. The summed E-state index contributed by atoms with van der Waals surface area (Å²) >= 11 is 0. The number of hydrogen-bond acceptors (Lipinski definition) is 3. The number of rotatable bonds is 3. The van der Waals surface area contributed by atoms with E-state index in [2.05, 4.69) is 131 Å². The molecule has 182 valence electrons. The fraction of sp³-hybridized carbons (Fsp3) is 0.0588. The molecule has 0 unspecified atom stereocenters. The van der Waals surface area contributed by atoms with Gasteiger partial charge in [0.25, 0.3) is 0 Å². The standard InChI is InChI=1S/C34H27N3Si/c1-38(2)32-14-8-6-12-30(32)37(31-13-7-9-15-33(31)38)27-19-16-24(17-20-27)26-18-21-28-29(22-26)35-23-36-34(28)25-10-4-3-5-11-25/h3-23H,1-2H3. The SMILES string of the molecule is C[Si]1(C)c2ccccc2N(c2ccc(-c3ccc4c(-c5ccccc5)ncnc4c3)cc2)c2ccccc21. The number of anilines is 3. The summed E-state index contributed by atoms with van der Waals surface area (Å²) in [6.07, 6.45) is 1.66. The molecule has 6 aromatic rings. The van der Waals surface area contributed by atoms with Crippen LogP contribution < -0.4 is 15.3 Å². The van der Waals surface area contributed by atoms with E-state index in [0.717, 1.165) is 27.7 Å². The lowest BCUT2D eigenvalue weighted by atomic mass is 10.0. The Balaban J connectivity index is 1.29. The minimum Gasteiger partial charge on any atom is -0.311 e. The smallest absolute Gasteiger partial charge is 0.117 e. The van der Waals surface area contributed by atoms with Crippen LogP contribution in [0.5, 0.6) is 0 Å². The number of para-hydroxylation sites is 2. The van der Waals surface area contributed by atoms with E-state index >= 15 is 0 Å². The third kappa shape index (κ3) is 3.57. The van der Waals surface area contributed by atoms with Crippen LogP contribution in [-0.2, 0) is 0 Å². The minimum atomic E-state index is -1.78. The number of fused-ring (bicyclic) bond motifs is 3. The lowest BCUT2D eigenvalue weighted by Crippen LogP contribution is -2.58. The molecule has 1 aliphatic rings. The van der Waals surface area contributed by atoms with E-state index in [9.17, 15) is 0 Å². The highest BCUT2D eigenvalue weighted by molar-refractivity contribution is 7.02. The van der Waals surface area contributed by atoms with Gasteiger partial charge in [0.05, 0.1) is 11.2 Å². The molecule has 0 spiro atoms. The van der Waals surface area contributed by atoms with Crippen molar-refractivity contribution in [2.24, 2.45) is 0 Å². The third-order valence-corrected chi connectivity index (χ3v) is 11.3. The molecule has 1 aromatic heterocycles. The second kappa shape index (κ2) is 8.79. The first-order valence-electron chi connectivity index (χ1n) is 13.0. The van der Waals surface area contributed by atoms with E-state index in [1.165, 1.54) is 33.0 Å². The van der Waals surface area contributed by atoms with E-state index < -0.39 is 8.07 Å². The molecule has 0 radical (unpaired) electrons. The Morgan fingerprint density at radius 3 is 1.84 bits per heavy atom. The third-order valence-electron chi connectivity index (χ3n) is 7.78. The summed E-state index contributed by atoms with van der Waals surface area (Å²) in [5.74, 6) is 0. The highest BCUT2D eigenvalue weighted by Gasteiger charge is 2.38. The molecule has 0 atom stereocenters. The maximum atomic E-state index is 4.59. The van der Waals surface area contributed by atoms with E-state index in [1.807, 2.05) is 18.2 Å². The van der Waals surface area contributed by atoms with Gasteiger partial charge >= 0.3 is 0 Å². The Labute approximate surface area is 224 Å². The zero-order valence-corrected chi connectivity index (χ0v) is 22.5. The van der Waals surface area contributed by atoms with Crippen molar-refractivity contribution in [3.05, 3.63) is 128 Å². The Morgan fingerprint density at radius 1 is 0.553 bits per heavy atom. The van der Waals surface area contributed by atoms with Gasteiger partial charge in [0.2, 0.25) is 0 Å². The molecule has 1 aliphatic heterocycles. The fourth-order valence-corrected chi connectivity index (χ4v) is 8.80. The van der Waals surface area contributed by atoms with E-state index in [4.69, 9.17) is 0 Å². The zero-order valence-electron chi connectivity index (χ0n) is 21.5. The molecule has 3 nitrogen and oxygen atoms in total. The van der Waals surface area contributed by atoms with Gasteiger partial charge in [-0.05, 0) is 57.9 Å². The average Bonchev–Trinajstić information content (AvgIpc) is 2.98. The Morgan fingerprint density at radius 2 is 1.16 bits per heavy atom. The predicted molar refractivity (Wildman–Crippen MR) is 162 cm³/mol. The quantitative estimate of drug-likeness (QED) is 0.232. The molecule has 0 amide bonds. The monoisotopic (exact) mass is 505 g/mol. The average molecular weight is 506 g/mol. The Hall–Kier alpha value is -4.54. The number of hydrogen-bond donors (Lipinski definition) is 0. The van der Waals surface area contributed by atoms with Gasteiger partial charge in [0.15, 0.2) is 0 Å². The van der Waals surface area contributed by atoms with Crippen LogP contribution in [0, 0.1) is 0 Å². The van der Waals surface area contributed by atoms with Crippen molar-refractivity contribution in [3.8, 4) is 22.4 Å². The van der Waals surface area contributed by atoms with E-state index in [-0.39, 0.29) is 0 Å². The lowest BCUT2D eigenvalue weighted by molar-refractivity contribution is 1.22. The van der Waals surface area contributed by atoms with Crippen molar-refractivity contribution in [1.29, 1.82) is 0 Å². The zero-order chi connectivity index (χ0) is 25.7. The van der Waals surface area contributed by atoms with Gasteiger partial charge in [-0.2, -0.15) is 0 Å². The van der Waals surface area contributed by atoms with Gasteiger partial charge in [-0.15, -0.1) is 0 Å². The van der Waals surface area contributed by atoms with Gasteiger partial charge in [0, 0.05) is 28.0 Å². The molecule has 0 saturated heterocycles. The Bertz CT molecular complexity index is 1740. The summed E-state index contributed by atoms with van der Waals surface area (Å²) in [6.45, 7) is 4.91. The lowest BCUT2D eigenvalue weighted by Gasteiger charge is -2.41. The highest BCUT2D eigenvalue weighted by atomic mass is 28.3. The molecule has 4 heteroatoms. The molecule has 38 heavy (non-hydrogen) atoms. The first kappa shape index (κ1) is 22.6. The summed E-state index contributed by atoms with van der Waals surface area (Å²) in [5.41, 5.74) is 9.10. The van der Waals surface area contributed by atoms with Crippen LogP contribution in [0.15, 0.2) is 128 Å². The molecular formula is C34H27N3Si. The van der Waals surface area contributed by atoms with Crippen LogP contribution in [0.1, 0.15) is 0 Å². The van der Waals surface area contributed by atoms with Crippen LogP contribution in [0.25, 0.3) is 33.3 Å². The van der Waals surface area contributed by atoms with Crippen molar-refractivity contribution in [2.45, 2.75) is 13.1 Å². The summed E-state index contributed by atoms with van der Waals surface area (Å²) in [4.78, 5) is 11.6. The van der Waals surface area contributed by atoms with Crippen LogP contribution in [-0.4, -0.2) is 18.0 Å². The molecule has 0 fully saturated rings. The van der Waals surface area contributed by atoms with Gasteiger partial charge in [0.1, 0.15) is 14.4 Å². The van der Waals surface area contributed by atoms with Crippen molar-refractivity contribution in [2.75, 3.05) is 4.90 Å². The maximum absolute atomic E-state index is 4.59. The summed E-state index contributed by atoms with van der Waals surface area (Å²) in [6, 6.07) is 43.5. The first-order valence-corrected chi connectivity index (χ1v) is 16.0. The van der Waals surface area contributed by atoms with Crippen molar-refractivity contribution < 1.29 is 0 Å². The van der Waals surface area contributed by atoms with Crippen molar-refractivity contribution in [3.63, 3.8) is 0 Å². The normalized spacial score (nSPS) is 13.7. The van der Waals surface area contributed by atoms with Crippen LogP contribution in [0.3, 0.4) is 0 Å². The first-order chi connectivity index (χ1) is 18.6. The summed E-state index contributed by atoms with van der Waals surface area (Å²) in [5, 5.41) is 4.02. The Kier molecular flexibility index (Phi) is 5.23. The summed E-state index contributed by atoms with van der Waals surface area (Å²) in [7, 11) is -1.78. The van der Waals surface area contributed by atoms with E-state index in [0.29, 0.717) is 0 Å². The molecule has 0 bridgehead atoms. The van der Waals surface area contributed by atoms with Gasteiger partial charge in [-0.1, -0.05) is 98.0 Å². The fourth-order valence-electron chi connectivity index (χ4n) is 5.81. The van der Waals surface area contributed by atoms with Gasteiger partial charge in [-0.25, -0.2) is 9.97 Å². The minimum absolute atomic E-state index is 0.950. The second-order valence-electron chi connectivity index (χ2n) is 10.4. The summed E-state index contributed by atoms with van der Waals surface area (Å²) < 4.78 is 0. The molecule has 7 rings (SSSR count). The van der Waals surface area contributed by atoms with Gasteiger partial charge in [-0.3, -0.25) is 0 Å². The predicted octanol–water partition coefficient (Wildman–Crippen LogP) is 7.57. The molecule has 2 heterocycles. The topological polar surface area (TPSA) is 29.0 Å². The van der Waals surface area contributed by atoms with Crippen molar-refractivity contribution >= 4 is 46.4 Å². The van der Waals surface area contributed by atoms with Crippen LogP contribution in [0.4, 0.5) is 17.1 Å². The molecule has 0 N–H and O–H groups in total. The van der Waals surface area contributed by atoms with Crippen molar-refractivity contribution in [1.82, 2.24) is 9.97 Å². The van der Waals surface area contributed by atoms with Gasteiger partial charge < -0.3 is 4.90 Å². The van der Waals surface area contributed by atoms with Crippen LogP contribution in [0.2, 0.25) is 13.1 Å². The molecule has 0 aliphatic carbocycles. The van der Waals surface area contributed by atoms with E-state index in [1.54, 1.807) is 6.33 Å². The number of nitrogens with zero attached hydrogens (tertiary/aromatic N) is 3.